The summed E-state index contributed by atoms with van der Waals surface area (Å²) in [5, 5.41) is 1.13. The van der Waals surface area contributed by atoms with E-state index in [1.807, 2.05) is 26.0 Å². The lowest BCUT2D eigenvalue weighted by molar-refractivity contribution is 1.09. The molecule has 3 heteroatoms. The lowest BCUT2D eigenvalue weighted by atomic mass is 10.1. The summed E-state index contributed by atoms with van der Waals surface area (Å²) < 4.78 is 1.22. The van der Waals surface area contributed by atoms with E-state index >= 15 is 0 Å². The zero-order valence-electron chi connectivity index (χ0n) is 7.54. The van der Waals surface area contributed by atoms with Gasteiger partial charge in [-0.1, -0.05) is 12.1 Å². The molecule has 68 valence electrons. The third-order valence-corrected chi connectivity index (χ3v) is 3.16. The second-order valence-electron chi connectivity index (χ2n) is 3.04. The van der Waals surface area contributed by atoms with E-state index in [-0.39, 0.29) is 5.38 Å². The van der Waals surface area contributed by atoms with Crippen molar-refractivity contribution in [2.75, 3.05) is 0 Å². The van der Waals surface area contributed by atoms with Crippen molar-refractivity contribution in [3.63, 3.8) is 0 Å². The Kier molecular flexibility index (Phi) is 2.26. The Morgan fingerprint density at radius 1 is 1.46 bits per heavy atom. The van der Waals surface area contributed by atoms with Gasteiger partial charge in [0.2, 0.25) is 0 Å². The molecular weight excluding hydrogens is 202 g/mol. The van der Waals surface area contributed by atoms with Crippen LogP contribution in [-0.2, 0) is 0 Å². The fourth-order valence-electron chi connectivity index (χ4n) is 1.40. The zero-order chi connectivity index (χ0) is 9.42. The van der Waals surface area contributed by atoms with Crippen LogP contribution in [0.5, 0.6) is 0 Å². The molecule has 1 heterocycles. The molecule has 0 amide bonds. The molecule has 1 aromatic heterocycles. The van der Waals surface area contributed by atoms with Crippen LogP contribution in [0.2, 0.25) is 0 Å². The molecule has 0 radical (unpaired) electrons. The highest BCUT2D eigenvalue weighted by molar-refractivity contribution is 7.18. The first kappa shape index (κ1) is 8.97. The minimum Gasteiger partial charge on any atom is -0.241 e. The number of hydrogen-bond acceptors (Lipinski definition) is 2. The summed E-state index contributed by atoms with van der Waals surface area (Å²) in [6.45, 7) is 4.00. The summed E-state index contributed by atoms with van der Waals surface area (Å²) in [4.78, 5) is 4.47. The van der Waals surface area contributed by atoms with Crippen LogP contribution >= 0.6 is 22.9 Å². The van der Waals surface area contributed by atoms with Gasteiger partial charge in [0.15, 0.2) is 0 Å². The first-order valence-corrected chi connectivity index (χ1v) is 5.44. The van der Waals surface area contributed by atoms with E-state index in [2.05, 4.69) is 11.1 Å². The number of fused-ring (bicyclic) bond motifs is 1. The Morgan fingerprint density at radius 2 is 2.23 bits per heavy atom. The number of benzene rings is 1. The molecule has 0 bridgehead atoms. The molecule has 0 saturated heterocycles. The molecule has 1 nitrogen and oxygen atoms in total. The van der Waals surface area contributed by atoms with Gasteiger partial charge in [-0.05, 0) is 25.5 Å². The average Bonchev–Trinajstić information content (AvgIpc) is 2.43. The highest BCUT2D eigenvalue weighted by Gasteiger charge is 2.09. The van der Waals surface area contributed by atoms with Crippen molar-refractivity contribution in [3.05, 3.63) is 28.8 Å². The highest BCUT2D eigenvalue weighted by Crippen LogP contribution is 2.30. The van der Waals surface area contributed by atoms with Gasteiger partial charge in [-0.3, -0.25) is 0 Å². The molecule has 0 saturated carbocycles. The Morgan fingerprint density at radius 3 is 2.92 bits per heavy atom. The van der Waals surface area contributed by atoms with Gasteiger partial charge in [0.05, 0.1) is 20.6 Å². The summed E-state index contributed by atoms with van der Waals surface area (Å²) in [5.74, 6) is 0. The van der Waals surface area contributed by atoms with Crippen molar-refractivity contribution in [1.82, 2.24) is 4.98 Å². The lowest BCUT2D eigenvalue weighted by Crippen LogP contribution is -1.85. The zero-order valence-corrected chi connectivity index (χ0v) is 9.12. The summed E-state index contributed by atoms with van der Waals surface area (Å²) in [6.07, 6.45) is 0. The van der Waals surface area contributed by atoms with Gasteiger partial charge in [-0.2, -0.15) is 0 Å². The fourth-order valence-corrected chi connectivity index (χ4v) is 2.44. The largest absolute Gasteiger partial charge is 0.241 e. The van der Waals surface area contributed by atoms with Gasteiger partial charge in [0.1, 0.15) is 0 Å². The molecule has 1 atom stereocenters. The molecule has 0 fully saturated rings. The summed E-state index contributed by atoms with van der Waals surface area (Å²) in [7, 11) is 0. The van der Waals surface area contributed by atoms with Crippen molar-refractivity contribution in [2.24, 2.45) is 0 Å². The van der Waals surface area contributed by atoms with Crippen LogP contribution in [-0.4, -0.2) is 4.98 Å². The smallest absolute Gasteiger partial charge is 0.0907 e. The van der Waals surface area contributed by atoms with Crippen molar-refractivity contribution >= 4 is 33.2 Å². The standard InChI is InChI=1S/C10H10ClNS/c1-6(11)8-4-3-5-9-10(8)12-7(2)13-9/h3-6H,1-2H3. The SMILES string of the molecule is Cc1nc2c(C(C)Cl)cccc2s1. The van der Waals surface area contributed by atoms with Gasteiger partial charge in [-0.25, -0.2) is 4.98 Å². The van der Waals surface area contributed by atoms with Crippen LogP contribution in [0.25, 0.3) is 10.2 Å². The number of nitrogens with zero attached hydrogens (tertiary/aromatic N) is 1. The van der Waals surface area contributed by atoms with E-state index in [1.54, 1.807) is 11.3 Å². The molecule has 0 N–H and O–H groups in total. The minimum atomic E-state index is 0.0326. The number of halogens is 1. The van der Waals surface area contributed by atoms with Crippen molar-refractivity contribution in [1.29, 1.82) is 0 Å². The molecule has 0 aliphatic rings. The Labute approximate surface area is 86.4 Å². The summed E-state index contributed by atoms with van der Waals surface area (Å²) >= 11 is 7.77. The molecular formula is C10H10ClNS. The van der Waals surface area contributed by atoms with Crippen molar-refractivity contribution < 1.29 is 0 Å². The van der Waals surface area contributed by atoms with Crippen LogP contribution in [0.4, 0.5) is 0 Å². The van der Waals surface area contributed by atoms with Crippen LogP contribution in [0.15, 0.2) is 18.2 Å². The molecule has 2 aromatic rings. The van der Waals surface area contributed by atoms with Crippen LogP contribution < -0.4 is 0 Å². The van der Waals surface area contributed by atoms with E-state index in [4.69, 9.17) is 11.6 Å². The van der Waals surface area contributed by atoms with Gasteiger partial charge < -0.3 is 0 Å². The van der Waals surface area contributed by atoms with E-state index < -0.39 is 0 Å². The summed E-state index contributed by atoms with van der Waals surface area (Å²) in [5.41, 5.74) is 2.19. The quantitative estimate of drug-likeness (QED) is 0.652. The number of rotatable bonds is 1. The Hall–Kier alpha value is -0.600. The molecule has 0 aliphatic heterocycles. The fraction of sp³-hybridized carbons (Fsp3) is 0.300. The number of aromatic nitrogens is 1. The predicted molar refractivity (Wildman–Crippen MR) is 58.6 cm³/mol. The van der Waals surface area contributed by atoms with Crippen LogP contribution in [0.3, 0.4) is 0 Å². The second kappa shape index (κ2) is 3.28. The third kappa shape index (κ3) is 1.56. The number of aryl methyl sites for hydroxylation is 1. The average molecular weight is 212 g/mol. The van der Waals surface area contributed by atoms with E-state index in [9.17, 15) is 0 Å². The topological polar surface area (TPSA) is 12.9 Å². The van der Waals surface area contributed by atoms with E-state index in [0.29, 0.717) is 0 Å². The Balaban J connectivity index is 2.75. The molecule has 1 aromatic carbocycles. The number of thiazole rings is 1. The van der Waals surface area contributed by atoms with Gasteiger partial charge in [0, 0.05) is 0 Å². The van der Waals surface area contributed by atoms with Crippen molar-refractivity contribution in [3.8, 4) is 0 Å². The van der Waals surface area contributed by atoms with Gasteiger partial charge >= 0.3 is 0 Å². The molecule has 13 heavy (non-hydrogen) atoms. The number of para-hydroxylation sites is 1. The Bertz CT molecular complexity index is 433. The van der Waals surface area contributed by atoms with Gasteiger partial charge in [-0.15, -0.1) is 22.9 Å². The first-order valence-electron chi connectivity index (χ1n) is 4.18. The molecule has 0 spiro atoms. The second-order valence-corrected chi connectivity index (χ2v) is 4.93. The van der Waals surface area contributed by atoms with Crippen LogP contribution in [0.1, 0.15) is 22.9 Å². The summed E-state index contributed by atoms with van der Waals surface area (Å²) in [6, 6.07) is 6.16. The third-order valence-electron chi connectivity index (χ3n) is 1.99. The molecule has 2 rings (SSSR count). The predicted octanol–water partition coefficient (Wildman–Crippen LogP) is 3.90. The highest BCUT2D eigenvalue weighted by atomic mass is 35.5. The minimum absolute atomic E-state index is 0.0326. The number of hydrogen-bond donors (Lipinski definition) is 0. The number of alkyl halides is 1. The van der Waals surface area contributed by atoms with E-state index in [0.717, 1.165) is 16.1 Å². The van der Waals surface area contributed by atoms with Crippen LogP contribution in [0, 0.1) is 6.92 Å². The van der Waals surface area contributed by atoms with Crippen molar-refractivity contribution in [2.45, 2.75) is 19.2 Å². The maximum absolute atomic E-state index is 6.06. The normalized spacial score (nSPS) is 13.5. The monoisotopic (exact) mass is 211 g/mol. The maximum Gasteiger partial charge on any atom is 0.0907 e. The maximum atomic E-state index is 6.06. The van der Waals surface area contributed by atoms with Gasteiger partial charge in [0.25, 0.3) is 0 Å². The first-order chi connectivity index (χ1) is 6.18. The molecule has 0 aliphatic carbocycles. The van der Waals surface area contributed by atoms with E-state index in [1.165, 1.54) is 4.70 Å². The molecule has 1 unspecified atom stereocenters. The lowest BCUT2D eigenvalue weighted by Gasteiger charge is -2.02.